The zero-order valence-electron chi connectivity index (χ0n) is 12.2. The summed E-state index contributed by atoms with van der Waals surface area (Å²) < 4.78 is 1.09. The standard InChI is InChI=1S/C17H21BrN2O/c1-19-12-15-7-8-16(11-17(15)18)20(9-10-21)13-14-5-3-2-4-6-14/h2-8,11,19,21H,9-10,12-13H2,1H3. The molecule has 0 unspecified atom stereocenters. The molecule has 2 N–H and O–H groups in total. The Balaban J connectivity index is 2.19. The van der Waals surface area contributed by atoms with E-state index in [1.807, 2.05) is 25.2 Å². The number of benzene rings is 2. The molecule has 0 bridgehead atoms. The first-order valence-electron chi connectivity index (χ1n) is 7.07. The van der Waals surface area contributed by atoms with Gasteiger partial charge in [-0.05, 0) is 30.3 Å². The third kappa shape index (κ3) is 4.56. The first kappa shape index (κ1) is 16.0. The second-order valence-corrected chi connectivity index (χ2v) is 5.79. The van der Waals surface area contributed by atoms with Crippen LogP contribution in [0.2, 0.25) is 0 Å². The second kappa shape index (κ2) is 8.17. The number of aliphatic hydroxyl groups excluding tert-OH is 1. The van der Waals surface area contributed by atoms with Gasteiger partial charge in [0.25, 0.3) is 0 Å². The van der Waals surface area contributed by atoms with Crippen LogP contribution < -0.4 is 10.2 Å². The Kier molecular flexibility index (Phi) is 6.23. The predicted octanol–water partition coefficient (Wildman–Crippen LogP) is 3.17. The fraction of sp³-hybridized carbons (Fsp3) is 0.294. The average molecular weight is 349 g/mol. The number of halogens is 1. The van der Waals surface area contributed by atoms with Crippen molar-refractivity contribution >= 4 is 21.6 Å². The van der Waals surface area contributed by atoms with Gasteiger partial charge in [0.1, 0.15) is 0 Å². The minimum Gasteiger partial charge on any atom is -0.395 e. The summed E-state index contributed by atoms with van der Waals surface area (Å²) in [5.74, 6) is 0. The molecule has 0 atom stereocenters. The lowest BCUT2D eigenvalue weighted by atomic mass is 10.1. The van der Waals surface area contributed by atoms with Gasteiger partial charge < -0.3 is 15.3 Å². The summed E-state index contributed by atoms with van der Waals surface area (Å²) in [7, 11) is 1.94. The molecule has 2 aromatic carbocycles. The second-order valence-electron chi connectivity index (χ2n) is 4.94. The minimum atomic E-state index is 0.142. The molecule has 21 heavy (non-hydrogen) atoms. The molecule has 2 rings (SSSR count). The number of aliphatic hydroxyl groups is 1. The third-order valence-corrected chi connectivity index (χ3v) is 4.09. The molecule has 0 saturated carbocycles. The van der Waals surface area contributed by atoms with Crippen molar-refractivity contribution in [2.75, 3.05) is 25.1 Å². The summed E-state index contributed by atoms with van der Waals surface area (Å²) in [6.07, 6.45) is 0. The van der Waals surface area contributed by atoms with Gasteiger partial charge in [-0.2, -0.15) is 0 Å². The summed E-state index contributed by atoms with van der Waals surface area (Å²) in [5, 5.41) is 12.5. The summed E-state index contributed by atoms with van der Waals surface area (Å²) in [5.41, 5.74) is 3.57. The molecule has 4 heteroatoms. The van der Waals surface area contributed by atoms with Crippen LogP contribution in [-0.4, -0.2) is 25.3 Å². The molecule has 0 radical (unpaired) electrons. The van der Waals surface area contributed by atoms with E-state index in [0.717, 1.165) is 23.2 Å². The highest BCUT2D eigenvalue weighted by Crippen LogP contribution is 2.25. The molecule has 2 aromatic rings. The van der Waals surface area contributed by atoms with Gasteiger partial charge >= 0.3 is 0 Å². The summed E-state index contributed by atoms with van der Waals surface area (Å²) >= 11 is 3.62. The van der Waals surface area contributed by atoms with E-state index < -0.39 is 0 Å². The Bertz CT molecular complexity index is 560. The molecule has 0 fully saturated rings. The first-order valence-corrected chi connectivity index (χ1v) is 7.86. The van der Waals surface area contributed by atoms with E-state index in [2.05, 4.69) is 56.5 Å². The van der Waals surface area contributed by atoms with Crippen LogP contribution in [-0.2, 0) is 13.1 Å². The largest absolute Gasteiger partial charge is 0.395 e. The van der Waals surface area contributed by atoms with Crippen LogP contribution in [0.3, 0.4) is 0 Å². The van der Waals surface area contributed by atoms with E-state index in [4.69, 9.17) is 0 Å². The van der Waals surface area contributed by atoms with Gasteiger partial charge in [-0.3, -0.25) is 0 Å². The van der Waals surface area contributed by atoms with Crippen LogP contribution in [0.5, 0.6) is 0 Å². The van der Waals surface area contributed by atoms with Crippen LogP contribution in [0, 0.1) is 0 Å². The lowest BCUT2D eigenvalue weighted by Gasteiger charge is -2.25. The summed E-state index contributed by atoms with van der Waals surface area (Å²) in [6.45, 7) is 2.38. The zero-order chi connectivity index (χ0) is 15.1. The van der Waals surface area contributed by atoms with E-state index in [-0.39, 0.29) is 6.61 Å². The van der Waals surface area contributed by atoms with Crippen LogP contribution in [0.25, 0.3) is 0 Å². The number of hydrogen-bond donors (Lipinski definition) is 2. The third-order valence-electron chi connectivity index (χ3n) is 3.36. The smallest absolute Gasteiger partial charge is 0.0606 e. The van der Waals surface area contributed by atoms with E-state index in [1.165, 1.54) is 11.1 Å². The molecule has 0 heterocycles. The van der Waals surface area contributed by atoms with Gasteiger partial charge in [-0.15, -0.1) is 0 Å². The molecule has 0 aliphatic heterocycles. The highest BCUT2D eigenvalue weighted by Gasteiger charge is 2.09. The topological polar surface area (TPSA) is 35.5 Å². The van der Waals surface area contributed by atoms with E-state index in [9.17, 15) is 5.11 Å². The van der Waals surface area contributed by atoms with Crippen molar-refractivity contribution < 1.29 is 5.11 Å². The fourth-order valence-corrected chi connectivity index (χ4v) is 2.80. The molecule has 0 saturated heterocycles. The summed E-state index contributed by atoms with van der Waals surface area (Å²) in [4.78, 5) is 2.18. The molecule has 0 aliphatic rings. The molecule has 0 spiro atoms. The Morgan fingerprint density at radius 3 is 2.52 bits per heavy atom. The molecule has 112 valence electrons. The number of anilines is 1. The maximum Gasteiger partial charge on any atom is 0.0606 e. The summed E-state index contributed by atoms with van der Waals surface area (Å²) in [6, 6.07) is 16.6. The van der Waals surface area contributed by atoms with Crippen molar-refractivity contribution in [3.8, 4) is 0 Å². The zero-order valence-corrected chi connectivity index (χ0v) is 13.8. The SMILES string of the molecule is CNCc1ccc(N(CCO)Cc2ccccc2)cc1Br. The Hall–Kier alpha value is -1.36. The van der Waals surface area contributed by atoms with Gasteiger partial charge in [0.05, 0.1) is 6.61 Å². The van der Waals surface area contributed by atoms with Gasteiger partial charge in [0.2, 0.25) is 0 Å². The molecule has 0 aliphatic carbocycles. The Labute approximate surface area is 134 Å². The predicted molar refractivity (Wildman–Crippen MR) is 91.5 cm³/mol. The Morgan fingerprint density at radius 2 is 1.90 bits per heavy atom. The van der Waals surface area contributed by atoms with Crippen molar-refractivity contribution in [3.63, 3.8) is 0 Å². The maximum absolute atomic E-state index is 9.32. The molecule has 0 amide bonds. The highest BCUT2D eigenvalue weighted by atomic mass is 79.9. The lowest BCUT2D eigenvalue weighted by molar-refractivity contribution is 0.301. The van der Waals surface area contributed by atoms with Gasteiger partial charge in [0, 0.05) is 29.8 Å². The van der Waals surface area contributed by atoms with Gasteiger partial charge in [-0.25, -0.2) is 0 Å². The molecule has 0 aromatic heterocycles. The minimum absolute atomic E-state index is 0.142. The molecular formula is C17H21BrN2O. The van der Waals surface area contributed by atoms with E-state index in [1.54, 1.807) is 0 Å². The van der Waals surface area contributed by atoms with Gasteiger partial charge in [0.15, 0.2) is 0 Å². The number of nitrogens with one attached hydrogen (secondary N) is 1. The monoisotopic (exact) mass is 348 g/mol. The lowest BCUT2D eigenvalue weighted by Crippen LogP contribution is -2.26. The first-order chi connectivity index (χ1) is 10.2. The number of hydrogen-bond acceptors (Lipinski definition) is 3. The van der Waals surface area contributed by atoms with Crippen LogP contribution in [0.15, 0.2) is 53.0 Å². The van der Waals surface area contributed by atoms with E-state index >= 15 is 0 Å². The average Bonchev–Trinajstić information content (AvgIpc) is 2.50. The molecule has 3 nitrogen and oxygen atoms in total. The van der Waals surface area contributed by atoms with Crippen LogP contribution >= 0.6 is 15.9 Å². The number of rotatable bonds is 7. The van der Waals surface area contributed by atoms with Crippen molar-refractivity contribution in [3.05, 3.63) is 64.1 Å². The molecular weight excluding hydrogens is 328 g/mol. The maximum atomic E-state index is 9.32. The Morgan fingerprint density at radius 1 is 1.14 bits per heavy atom. The van der Waals surface area contributed by atoms with Crippen molar-refractivity contribution in [2.45, 2.75) is 13.1 Å². The highest BCUT2D eigenvalue weighted by molar-refractivity contribution is 9.10. The number of nitrogens with zero attached hydrogens (tertiary/aromatic N) is 1. The van der Waals surface area contributed by atoms with Crippen molar-refractivity contribution in [1.82, 2.24) is 5.32 Å². The quantitative estimate of drug-likeness (QED) is 0.806. The van der Waals surface area contributed by atoms with E-state index in [0.29, 0.717) is 6.54 Å². The van der Waals surface area contributed by atoms with Crippen molar-refractivity contribution in [1.29, 1.82) is 0 Å². The van der Waals surface area contributed by atoms with Crippen LogP contribution in [0.4, 0.5) is 5.69 Å². The van der Waals surface area contributed by atoms with Gasteiger partial charge in [-0.1, -0.05) is 52.3 Å². The van der Waals surface area contributed by atoms with Crippen LogP contribution in [0.1, 0.15) is 11.1 Å². The van der Waals surface area contributed by atoms with Crippen molar-refractivity contribution in [2.24, 2.45) is 0 Å². The fourth-order valence-electron chi connectivity index (χ4n) is 2.29. The normalized spacial score (nSPS) is 10.6.